The lowest BCUT2D eigenvalue weighted by Gasteiger charge is -2.05. The van der Waals surface area contributed by atoms with Gasteiger partial charge in [0, 0.05) is 6.20 Å². The molecule has 2 aromatic rings. The van der Waals surface area contributed by atoms with Gasteiger partial charge < -0.3 is 0 Å². The van der Waals surface area contributed by atoms with E-state index in [1.807, 2.05) is 36.4 Å². The first kappa shape index (κ1) is 13.0. The van der Waals surface area contributed by atoms with Crippen molar-refractivity contribution in [1.82, 2.24) is 4.98 Å². The third-order valence-electron chi connectivity index (χ3n) is 2.98. The van der Waals surface area contributed by atoms with Crippen molar-refractivity contribution < 1.29 is 0 Å². The normalized spacial score (nSPS) is 11.4. The smallest absolute Gasteiger partial charge is 0.101 e. The van der Waals surface area contributed by atoms with Crippen LogP contribution in [0.15, 0.2) is 48.7 Å². The number of aromatic nitrogens is 1. The lowest BCUT2D eigenvalue weighted by molar-refractivity contribution is 0.866. The molecule has 0 fully saturated rings. The molecular formula is C17H16N2. The average molecular weight is 248 g/mol. The highest BCUT2D eigenvalue weighted by molar-refractivity contribution is 5.88. The van der Waals surface area contributed by atoms with Crippen molar-refractivity contribution in [2.75, 3.05) is 0 Å². The second-order valence-corrected chi connectivity index (χ2v) is 4.71. The van der Waals surface area contributed by atoms with Crippen molar-refractivity contribution in [3.8, 4) is 6.07 Å². The summed E-state index contributed by atoms with van der Waals surface area (Å²) in [7, 11) is 0. The molecule has 0 aliphatic rings. The Morgan fingerprint density at radius 2 is 1.89 bits per heavy atom. The molecule has 0 spiro atoms. The first-order valence-corrected chi connectivity index (χ1v) is 6.34. The van der Waals surface area contributed by atoms with Gasteiger partial charge in [-0.15, -0.1) is 0 Å². The van der Waals surface area contributed by atoms with Crippen molar-refractivity contribution in [3.63, 3.8) is 0 Å². The highest BCUT2D eigenvalue weighted by Crippen LogP contribution is 2.18. The van der Waals surface area contributed by atoms with E-state index in [4.69, 9.17) is 0 Å². The minimum Gasteiger partial charge on any atom is -0.256 e. The molecule has 94 valence electrons. The first-order valence-electron chi connectivity index (χ1n) is 6.34. The molecule has 0 N–H and O–H groups in total. The number of hydrogen-bond donors (Lipinski definition) is 0. The van der Waals surface area contributed by atoms with Crippen LogP contribution in [0.5, 0.6) is 0 Å². The zero-order valence-electron chi connectivity index (χ0n) is 11.2. The fourth-order valence-corrected chi connectivity index (χ4v) is 1.83. The lowest BCUT2D eigenvalue weighted by atomic mass is 10.0. The van der Waals surface area contributed by atoms with Gasteiger partial charge in [-0.2, -0.15) is 5.26 Å². The Hall–Kier alpha value is -2.40. The number of benzene rings is 1. The third kappa shape index (κ3) is 3.29. The van der Waals surface area contributed by atoms with Crippen molar-refractivity contribution in [1.29, 1.82) is 5.26 Å². The van der Waals surface area contributed by atoms with E-state index < -0.39 is 0 Å². The second kappa shape index (κ2) is 5.97. The van der Waals surface area contributed by atoms with Gasteiger partial charge >= 0.3 is 0 Å². The van der Waals surface area contributed by atoms with Crippen LogP contribution in [0.1, 0.15) is 36.6 Å². The molecule has 2 nitrogen and oxygen atoms in total. The maximum absolute atomic E-state index is 9.23. The molecule has 1 aromatic heterocycles. The molecule has 0 unspecified atom stereocenters. The van der Waals surface area contributed by atoms with E-state index in [9.17, 15) is 5.26 Å². The fraction of sp³-hybridized carbons (Fsp3) is 0.176. The summed E-state index contributed by atoms with van der Waals surface area (Å²) >= 11 is 0. The van der Waals surface area contributed by atoms with Gasteiger partial charge in [-0.05, 0) is 35.3 Å². The molecule has 0 atom stereocenters. The molecule has 2 rings (SSSR count). The number of nitrogens with zero attached hydrogens (tertiary/aromatic N) is 2. The number of nitriles is 1. The zero-order chi connectivity index (χ0) is 13.7. The maximum atomic E-state index is 9.23. The Kier molecular flexibility index (Phi) is 4.10. The minimum absolute atomic E-state index is 0.518. The van der Waals surface area contributed by atoms with Crippen molar-refractivity contribution in [3.05, 3.63) is 65.5 Å². The molecule has 1 aromatic carbocycles. The molecule has 0 amide bonds. The van der Waals surface area contributed by atoms with Gasteiger partial charge in [-0.3, -0.25) is 4.98 Å². The van der Waals surface area contributed by atoms with Crippen LogP contribution in [0, 0.1) is 11.3 Å². The largest absolute Gasteiger partial charge is 0.256 e. The molecule has 1 heterocycles. The lowest BCUT2D eigenvalue weighted by Crippen LogP contribution is -1.88. The van der Waals surface area contributed by atoms with Crippen LogP contribution >= 0.6 is 0 Å². The Labute approximate surface area is 114 Å². The Balaban J connectivity index is 2.31. The van der Waals surface area contributed by atoms with Crippen LogP contribution in [0.3, 0.4) is 0 Å². The molecule has 0 radical (unpaired) electrons. The van der Waals surface area contributed by atoms with Gasteiger partial charge in [0.15, 0.2) is 0 Å². The summed E-state index contributed by atoms with van der Waals surface area (Å²) in [6.07, 6.45) is 3.56. The van der Waals surface area contributed by atoms with E-state index in [0.717, 1.165) is 5.56 Å². The van der Waals surface area contributed by atoms with Gasteiger partial charge in [-0.1, -0.05) is 44.2 Å². The van der Waals surface area contributed by atoms with E-state index in [2.05, 4.69) is 37.0 Å². The number of pyridine rings is 1. The molecule has 0 saturated heterocycles. The van der Waals surface area contributed by atoms with Gasteiger partial charge in [0.1, 0.15) is 6.07 Å². The molecule has 0 aliphatic heterocycles. The monoisotopic (exact) mass is 248 g/mol. The third-order valence-corrected chi connectivity index (χ3v) is 2.98. The average Bonchev–Trinajstić information content (AvgIpc) is 2.46. The van der Waals surface area contributed by atoms with Crippen LogP contribution in [0.2, 0.25) is 0 Å². The van der Waals surface area contributed by atoms with Gasteiger partial charge in [0.05, 0.1) is 11.3 Å². The molecule has 0 aliphatic carbocycles. The van der Waals surface area contributed by atoms with Crippen molar-refractivity contribution in [2.45, 2.75) is 19.8 Å². The maximum Gasteiger partial charge on any atom is 0.101 e. The predicted octanol–water partition coefficient (Wildman–Crippen LogP) is 4.27. The number of allylic oxidation sites excluding steroid dienone is 1. The van der Waals surface area contributed by atoms with Crippen LogP contribution in [-0.4, -0.2) is 4.98 Å². The van der Waals surface area contributed by atoms with E-state index in [0.29, 0.717) is 17.2 Å². The van der Waals surface area contributed by atoms with Crippen molar-refractivity contribution in [2.24, 2.45) is 0 Å². The van der Waals surface area contributed by atoms with E-state index in [-0.39, 0.29) is 0 Å². The summed E-state index contributed by atoms with van der Waals surface area (Å²) in [6, 6.07) is 16.1. The summed E-state index contributed by atoms with van der Waals surface area (Å²) in [4.78, 5) is 4.20. The molecule has 0 bridgehead atoms. The molecule has 2 heteroatoms. The summed E-state index contributed by atoms with van der Waals surface area (Å²) < 4.78 is 0. The summed E-state index contributed by atoms with van der Waals surface area (Å²) in [5.74, 6) is 0.518. The van der Waals surface area contributed by atoms with Crippen LogP contribution < -0.4 is 0 Å². The first-order chi connectivity index (χ1) is 9.20. The van der Waals surface area contributed by atoms with Crippen LogP contribution in [-0.2, 0) is 0 Å². The fourth-order valence-electron chi connectivity index (χ4n) is 1.83. The zero-order valence-corrected chi connectivity index (χ0v) is 11.2. The van der Waals surface area contributed by atoms with Gasteiger partial charge in [-0.25, -0.2) is 0 Å². The summed E-state index contributed by atoms with van der Waals surface area (Å²) in [5.41, 5.74) is 3.61. The summed E-state index contributed by atoms with van der Waals surface area (Å²) in [6.45, 7) is 4.33. The van der Waals surface area contributed by atoms with Gasteiger partial charge in [0.2, 0.25) is 0 Å². The molecular weight excluding hydrogens is 232 g/mol. The molecule has 19 heavy (non-hydrogen) atoms. The van der Waals surface area contributed by atoms with Crippen molar-refractivity contribution >= 4 is 11.6 Å². The number of rotatable bonds is 3. The van der Waals surface area contributed by atoms with E-state index >= 15 is 0 Å². The highest BCUT2D eigenvalue weighted by Gasteiger charge is 2.02. The quantitative estimate of drug-likeness (QED) is 0.760. The summed E-state index contributed by atoms with van der Waals surface area (Å²) in [5, 5.41) is 9.23. The standard InChI is InChI=1S/C17H16N2/c1-13(2)15-8-6-14(7-9-15)11-16(12-18)17-5-3-4-10-19-17/h3-11,13H,1-2H3/b16-11+. The topological polar surface area (TPSA) is 36.7 Å². The Bertz CT molecular complexity index is 602. The second-order valence-electron chi connectivity index (χ2n) is 4.71. The Morgan fingerprint density at radius 3 is 2.42 bits per heavy atom. The minimum atomic E-state index is 0.518. The number of hydrogen-bond acceptors (Lipinski definition) is 2. The van der Waals surface area contributed by atoms with E-state index in [1.165, 1.54) is 5.56 Å². The SMILES string of the molecule is CC(C)c1ccc(/C=C(\C#N)c2ccccn2)cc1. The van der Waals surface area contributed by atoms with E-state index in [1.54, 1.807) is 6.20 Å². The predicted molar refractivity (Wildman–Crippen MR) is 78.3 cm³/mol. The van der Waals surface area contributed by atoms with Crippen LogP contribution in [0.25, 0.3) is 11.6 Å². The molecule has 0 saturated carbocycles. The Morgan fingerprint density at radius 1 is 1.16 bits per heavy atom. The van der Waals surface area contributed by atoms with Crippen LogP contribution in [0.4, 0.5) is 0 Å². The highest BCUT2D eigenvalue weighted by atomic mass is 14.7. The van der Waals surface area contributed by atoms with Gasteiger partial charge in [0.25, 0.3) is 0 Å².